The summed E-state index contributed by atoms with van der Waals surface area (Å²) in [5, 5.41) is 4.83. The number of fused-ring (bicyclic) bond motifs is 1. The van der Waals surface area contributed by atoms with Crippen molar-refractivity contribution in [1.82, 2.24) is 5.32 Å². The third kappa shape index (κ3) is 4.53. The molecule has 0 heterocycles. The number of carbonyl (C=O) groups is 2. The van der Waals surface area contributed by atoms with Gasteiger partial charge in [0.05, 0.1) is 7.11 Å². The monoisotopic (exact) mass is 315 g/mol. The molecule has 0 aromatic heterocycles. The molecular weight excluding hydrogens is 294 g/mol. The van der Waals surface area contributed by atoms with Crippen molar-refractivity contribution in [2.45, 2.75) is 19.4 Å². The van der Waals surface area contributed by atoms with Crippen molar-refractivity contribution in [2.75, 3.05) is 20.3 Å². The van der Waals surface area contributed by atoms with E-state index in [2.05, 4.69) is 5.32 Å². The summed E-state index contributed by atoms with van der Waals surface area (Å²) < 4.78 is 9.87. The van der Waals surface area contributed by atoms with Crippen LogP contribution in [0.25, 0.3) is 10.8 Å². The van der Waals surface area contributed by atoms with E-state index in [1.807, 2.05) is 42.5 Å². The minimum absolute atomic E-state index is 0.0699. The zero-order chi connectivity index (χ0) is 16.7. The second-order valence-electron chi connectivity index (χ2n) is 5.12. The summed E-state index contributed by atoms with van der Waals surface area (Å²) in [4.78, 5) is 23.8. The number of esters is 1. The lowest BCUT2D eigenvalue weighted by Gasteiger charge is -2.17. The van der Waals surface area contributed by atoms with Crippen LogP contribution in [0, 0.1) is 0 Å². The Bertz CT molecular complexity index is 678. The first kappa shape index (κ1) is 17.0. The predicted molar refractivity (Wildman–Crippen MR) is 88.1 cm³/mol. The van der Waals surface area contributed by atoms with E-state index in [1.165, 1.54) is 7.11 Å². The first-order valence-corrected chi connectivity index (χ1v) is 7.57. The fourth-order valence-electron chi connectivity index (χ4n) is 2.46. The predicted octanol–water partition coefficient (Wildman–Crippen LogP) is 2.08. The number of hydrogen-bond acceptors (Lipinski definition) is 4. The number of nitrogens with one attached hydrogen (secondary N) is 1. The maximum Gasteiger partial charge on any atom is 0.328 e. The maximum absolute atomic E-state index is 12.0. The summed E-state index contributed by atoms with van der Waals surface area (Å²) in [6.45, 7) is 2.18. The van der Waals surface area contributed by atoms with Crippen LogP contribution in [0.5, 0.6) is 0 Å². The molecule has 2 rings (SSSR count). The highest BCUT2D eigenvalue weighted by Crippen LogP contribution is 2.20. The number of methoxy groups -OCH3 is 1. The molecule has 2 aromatic carbocycles. The van der Waals surface area contributed by atoms with E-state index in [4.69, 9.17) is 9.47 Å². The Morgan fingerprint density at radius 3 is 2.61 bits per heavy atom. The van der Waals surface area contributed by atoms with Crippen molar-refractivity contribution in [3.05, 3.63) is 48.0 Å². The van der Waals surface area contributed by atoms with Crippen LogP contribution in [0.15, 0.2) is 42.5 Å². The van der Waals surface area contributed by atoms with Crippen LogP contribution in [0.4, 0.5) is 0 Å². The van der Waals surface area contributed by atoms with Gasteiger partial charge >= 0.3 is 5.97 Å². The highest BCUT2D eigenvalue weighted by Gasteiger charge is 2.22. The minimum atomic E-state index is -0.737. The third-order valence-corrected chi connectivity index (χ3v) is 3.56. The van der Waals surface area contributed by atoms with E-state index in [0.29, 0.717) is 13.0 Å². The molecule has 5 heteroatoms. The van der Waals surface area contributed by atoms with Gasteiger partial charge in [-0.3, -0.25) is 4.79 Å². The molecule has 0 spiro atoms. The van der Waals surface area contributed by atoms with Gasteiger partial charge in [0.2, 0.25) is 5.91 Å². The number of benzene rings is 2. The molecule has 0 fully saturated rings. The van der Waals surface area contributed by atoms with Crippen LogP contribution in [-0.4, -0.2) is 38.2 Å². The summed E-state index contributed by atoms with van der Waals surface area (Å²) in [5.41, 5.74) is 0.982. The normalized spacial score (nSPS) is 11.9. The number of ether oxygens (including phenoxy) is 2. The van der Waals surface area contributed by atoms with Crippen LogP contribution in [-0.2, 0) is 25.5 Å². The molecule has 0 radical (unpaired) electrons. The highest BCUT2D eigenvalue weighted by molar-refractivity contribution is 5.88. The molecule has 5 nitrogen and oxygen atoms in total. The van der Waals surface area contributed by atoms with E-state index < -0.39 is 12.0 Å². The van der Waals surface area contributed by atoms with Gasteiger partial charge in [-0.25, -0.2) is 4.79 Å². The first-order chi connectivity index (χ1) is 11.2. The molecule has 0 aliphatic carbocycles. The molecule has 0 bridgehead atoms. The average molecular weight is 315 g/mol. The molecule has 0 saturated carbocycles. The van der Waals surface area contributed by atoms with Gasteiger partial charge in [-0.1, -0.05) is 42.5 Å². The number of rotatable bonds is 7. The van der Waals surface area contributed by atoms with Crippen molar-refractivity contribution in [1.29, 1.82) is 0 Å². The lowest BCUT2D eigenvalue weighted by Crippen LogP contribution is -2.44. The lowest BCUT2D eigenvalue weighted by atomic mass is 9.99. The summed E-state index contributed by atoms with van der Waals surface area (Å²) in [5.74, 6) is -0.801. The summed E-state index contributed by atoms with van der Waals surface area (Å²) in [6.07, 6.45) is 0.367. The Hall–Kier alpha value is -2.40. The minimum Gasteiger partial charge on any atom is -0.467 e. The standard InChI is InChI=1S/C18H21NO4/c1-3-23-12-17(20)19-16(18(21)22-2)11-14-9-6-8-13-7-4-5-10-15(13)14/h4-10,16H,3,11-12H2,1-2H3,(H,19,20)/t16-/m1/s1. The third-order valence-electron chi connectivity index (χ3n) is 3.56. The van der Waals surface area contributed by atoms with E-state index in [1.54, 1.807) is 6.92 Å². The Morgan fingerprint density at radius 2 is 1.87 bits per heavy atom. The maximum atomic E-state index is 12.0. The van der Waals surface area contributed by atoms with Gasteiger partial charge in [0, 0.05) is 13.0 Å². The zero-order valence-electron chi connectivity index (χ0n) is 13.4. The smallest absolute Gasteiger partial charge is 0.328 e. The molecule has 1 amide bonds. The van der Waals surface area contributed by atoms with Crippen molar-refractivity contribution in [3.8, 4) is 0 Å². The van der Waals surface area contributed by atoms with E-state index in [9.17, 15) is 9.59 Å². The topological polar surface area (TPSA) is 64.6 Å². The lowest BCUT2D eigenvalue weighted by molar-refractivity contribution is -0.145. The molecule has 122 valence electrons. The number of amides is 1. The molecule has 1 N–H and O–H groups in total. The van der Waals surface area contributed by atoms with E-state index in [-0.39, 0.29) is 12.5 Å². The second kappa shape index (κ2) is 8.29. The number of carbonyl (C=O) groups excluding carboxylic acids is 2. The van der Waals surface area contributed by atoms with Crippen molar-refractivity contribution in [3.63, 3.8) is 0 Å². The fourth-order valence-corrected chi connectivity index (χ4v) is 2.46. The zero-order valence-corrected chi connectivity index (χ0v) is 13.4. The van der Waals surface area contributed by atoms with Crippen LogP contribution in [0.1, 0.15) is 12.5 Å². The molecule has 1 atom stereocenters. The number of hydrogen-bond donors (Lipinski definition) is 1. The summed E-state index contributed by atoms with van der Waals surface area (Å²) in [7, 11) is 1.31. The second-order valence-corrected chi connectivity index (χ2v) is 5.12. The molecular formula is C18H21NO4. The van der Waals surface area contributed by atoms with E-state index >= 15 is 0 Å². The fraction of sp³-hybridized carbons (Fsp3) is 0.333. The van der Waals surface area contributed by atoms with Gasteiger partial charge in [0.25, 0.3) is 0 Å². The van der Waals surface area contributed by atoms with E-state index in [0.717, 1.165) is 16.3 Å². The molecule has 0 aliphatic heterocycles. The van der Waals surface area contributed by atoms with Gasteiger partial charge in [-0.15, -0.1) is 0 Å². The molecule has 0 saturated heterocycles. The van der Waals surface area contributed by atoms with Crippen LogP contribution < -0.4 is 5.32 Å². The van der Waals surface area contributed by atoms with Crippen molar-refractivity contribution < 1.29 is 19.1 Å². The van der Waals surface area contributed by atoms with Gasteiger partial charge in [-0.2, -0.15) is 0 Å². The SMILES string of the molecule is CCOCC(=O)N[C@H](Cc1cccc2ccccc12)C(=O)OC. The van der Waals surface area contributed by atoms with Crippen LogP contribution in [0.3, 0.4) is 0 Å². The first-order valence-electron chi connectivity index (χ1n) is 7.57. The summed E-state index contributed by atoms with van der Waals surface area (Å²) in [6, 6.07) is 13.1. The molecule has 0 unspecified atom stereocenters. The van der Waals surface area contributed by atoms with Gasteiger partial charge < -0.3 is 14.8 Å². The van der Waals surface area contributed by atoms with Gasteiger partial charge in [-0.05, 0) is 23.3 Å². The Balaban J connectivity index is 2.19. The Morgan fingerprint density at radius 1 is 1.13 bits per heavy atom. The molecule has 23 heavy (non-hydrogen) atoms. The van der Waals surface area contributed by atoms with Crippen molar-refractivity contribution >= 4 is 22.6 Å². The quantitative estimate of drug-likeness (QED) is 0.795. The van der Waals surface area contributed by atoms with Gasteiger partial charge in [0.15, 0.2) is 0 Å². The Kier molecular flexibility index (Phi) is 6.11. The van der Waals surface area contributed by atoms with Crippen LogP contribution in [0.2, 0.25) is 0 Å². The van der Waals surface area contributed by atoms with Crippen LogP contribution >= 0.6 is 0 Å². The van der Waals surface area contributed by atoms with Gasteiger partial charge in [0.1, 0.15) is 12.6 Å². The average Bonchev–Trinajstić information content (AvgIpc) is 2.59. The Labute approximate surface area is 135 Å². The summed E-state index contributed by atoms with van der Waals surface area (Å²) >= 11 is 0. The molecule has 0 aliphatic rings. The largest absolute Gasteiger partial charge is 0.467 e. The highest BCUT2D eigenvalue weighted by atomic mass is 16.5. The molecule has 2 aromatic rings. The van der Waals surface area contributed by atoms with Crippen molar-refractivity contribution in [2.24, 2.45) is 0 Å².